The molecule has 2 aliphatic heterocycles. The summed E-state index contributed by atoms with van der Waals surface area (Å²) in [5.74, 6) is -0.173. The van der Waals surface area contributed by atoms with Gasteiger partial charge in [-0.25, -0.2) is 13.4 Å². The smallest absolute Gasteiger partial charge is 0.263 e. The standard InChI is InChI=1S/C24H29N5O4S2/c1-18-22(35(32,33)29-10-6-3-7-11-29)21-23(34-18)25-17-28(24(21)31)16-20(30)27-14-12-26(13-15-27)19-8-4-2-5-9-19/h2,4-5,8-9,17H,3,6-7,10-16H2,1H3. The van der Waals surface area contributed by atoms with Crippen molar-refractivity contribution in [2.45, 2.75) is 37.6 Å². The van der Waals surface area contributed by atoms with Crippen molar-refractivity contribution >= 4 is 43.2 Å². The van der Waals surface area contributed by atoms with Gasteiger partial charge in [-0.2, -0.15) is 4.31 Å². The molecule has 186 valence electrons. The van der Waals surface area contributed by atoms with Gasteiger partial charge in [-0.3, -0.25) is 14.2 Å². The fraction of sp³-hybridized carbons (Fsp3) is 0.458. The van der Waals surface area contributed by atoms with Gasteiger partial charge in [0.05, 0.1) is 11.7 Å². The minimum Gasteiger partial charge on any atom is -0.368 e. The fourth-order valence-corrected chi connectivity index (χ4v) is 8.05. The number of aryl methyl sites for hydroxylation is 1. The van der Waals surface area contributed by atoms with Gasteiger partial charge in [0.15, 0.2) is 0 Å². The number of anilines is 1. The van der Waals surface area contributed by atoms with Crippen molar-refractivity contribution in [2.24, 2.45) is 0 Å². The van der Waals surface area contributed by atoms with Crippen LogP contribution in [-0.2, 0) is 21.4 Å². The Bertz CT molecular complexity index is 1390. The van der Waals surface area contributed by atoms with Gasteiger partial charge in [0.2, 0.25) is 15.9 Å². The van der Waals surface area contributed by atoms with Crippen LogP contribution in [0, 0.1) is 6.92 Å². The van der Waals surface area contributed by atoms with Crippen LogP contribution in [0.1, 0.15) is 24.1 Å². The molecule has 1 amide bonds. The molecule has 4 heterocycles. The minimum absolute atomic E-state index is 0.0511. The van der Waals surface area contributed by atoms with E-state index in [1.54, 1.807) is 11.8 Å². The number of piperazine rings is 1. The molecule has 35 heavy (non-hydrogen) atoms. The number of piperidine rings is 1. The monoisotopic (exact) mass is 515 g/mol. The Balaban J connectivity index is 1.37. The minimum atomic E-state index is -3.81. The molecule has 2 fully saturated rings. The Kier molecular flexibility index (Phi) is 6.65. The van der Waals surface area contributed by atoms with Gasteiger partial charge < -0.3 is 9.80 Å². The number of benzene rings is 1. The van der Waals surface area contributed by atoms with Crippen LogP contribution in [0.15, 0.2) is 46.3 Å². The predicted octanol–water partition coefficient (Wildman–Crippen LogP) is 2.29. The SMILES string of the molecule is Cc1sc2ncn(CC(=O)N3CCN(c4ccccc4)CC3)c(=O)c2c1S(=O)(=O)N1CCCCC1. The van der Waals surface area contributed by atoms with E-state index in [0.717, 1.165) is 24.9 Å². The largest absolute Gasteiger partial charge is 0.368 e. The quantitative estimate of drug-likeness (QED) is 0.517. The molecule has 0 saturated carbocycles. The summed E-state index contributed by atoms with van der Waals surface area (Å²) in [5, 5.41) is 0.0993. The molecule has 0 radical (unpaired) electrons. The third-order valence-electron chi connectivity index (χ3n) is 6.77. The second-order valence-electron chi connectivity index (χ2n) is 9.01. The van der Waals surface area contributed by atoms with Crippen LogP contribution < -0.4 is 10.5 Å². The number of thiophene rings is 1. The molecular weight excluding hydrogens is 486 g/mol. The Morgan fingerprint density at radius 1 is 1.00 bits per heavy atom. The van der Waals surface area contributed by atoms with Gasteiger partial charge in [0.1, 0.15) is 16.3 Å². The van der Waals surface area contributed by atoms with Crippen molar-refractivity contribution < 1.29 is 13.2 Å². The molecule has 0 unspecified atom stereocenters. The van der Waals surface area contributed by atoms with E-state index in [1.807, 2.05) is 18.2 Å². The van der Waals surface area contributed by atoms with Gasteiger partial charge >= 0.3 is 0 Å². The van der Waals surface area contributed by atoms with Crippen molar-refractivity contribution in [1.82, 2.24) is 18.8 Å². The highest BCUT2D eigenvalue weighted by molar-refractivity contribution is 7.89. The summed E-state index contributed by atoms with van der Waals surface area (Å²) in [6, 6.07) is 10.1. The number of sulfonamides is 1. The average Bonchev–Trinajstić information content (AvgIpc) is 3.24. The predicted molar refractivity (Wildman–Crippen MR) is 136 cm³/mol. The van der Waals surface area contributed by atoms with E-state index in [9.17, 15) is 18.0 Å². The number of hydrogen-bond acceptors (Lipinski definition) is 7. The van der Waals surface area contributed by atoms with Gasteiger partial charge in [0.25, 0.3) is 5.56 Å². The summed E-state index contributed by atoms with van der Waals surface area (Å²) in [6.45, 7) is 5.01. The molecule has 0 bridgehead atoms. The Morgan fingerprint density at radius 2 is 1.69 bits per heavy atom. The van der Waals surface area contributed by atoms with Gasteiger partial charge in [-0.15, -0.1) is 11.3 Å². The molecule has 2 aliphatic rings. The van der Waals surface area contributed by atoms with Gasteiger partial charge in [-0.05, 0) is 31.9 Å². The molecule has 11 heteroatoms. The van der Waals surface area contributed by atoms with Gasteiger partial charge in [0, 0.05) is 49.8 Å². The van der Waals surface area contributed by atoms with E-state index in [2.05, 4.69) is 22.0 Å². The number of hydrogen-bond donors (Lipinski definition) is 0. The van der Waals surface area contributed by atoms with E-state index in [0.29, 0.717) is 49.0 Å². The van der Waals surface area contributed by atoms with Crippen molar-refractivity contribution in [3.63, 3.8) is 0 Å². The second kappa shape index (κ2) is 9.71. The molecule has 0 spiro atoms. The van der Waals surface area contributed by atoms with Crippen molar-refractivity contribution in [3.8, 4) is 0 Å². The first kappa shape index (κ1) is 24.0. The maximum absolute atomic E-state index is 13.4. The summed E-state index contributed by atoms with van der Waals surface area (Å²) in [7, 11) is -3.81. The van der Waals surface area contributed by atoms with Crippen LogP contribution in [0.4, 0.5) is 5.69 Å². The average molecular weight is 516 g/mol. The van der Waals surface area contributed by atoms with E-state index >= 15 is 0 Å². The highest BCUT2D eigenvalue weighted by atomic mass is 32.2. The molecule has 0 aliphatic carbocycles. The lowest BCUT2D eigenvalue weighted by molar-refractivity contribution is -0.132. The van der Waals surface area contributed by atoms with E-state index in [1.165, 1.54) is 26.5 Å². The molecule has 1 aromatic carbocycles. The van der Waals surface area contributed by atoms with Crippen LogP contribution in [0.25, 0.3) is 10.2 Å². The van der Waals surface area contributed by atoms with Crippen LogP contribution in [-0.4, -0.2) is 72.3 Å². The first-order valence-electron chi connectivity index (χ1n) is 11.9. The molecule has 2 saturated heterocycles. The zero-order valence-electron chi connectivity index (χ0n) is 19.7. The van der Waals surface area contributed by atoms with Crippen molar-refractivity contribution in [1.29, 1.82) is 0 Å². The second-order valence-corrected chi connectivity index (χ2v) is 12.1. The van der Waals surface area contributed by atoms with E-state index in [-0.39, 0.29) is 22.7 Å². The number of carbonyl (C=O) groups excluding carboxylic acids is 1. The lowest BCUT2D eigenvalue weighted by Gasteiger charge is -2.36. The number of amides is 1. The van der Waals surface area contributed by atoms with Crippen LogP contribution >= 0.6 is 11.3 Å². The number of aromatic nitrogens is 2. The molecular formula is C24H29N5O4S2. The Morgan fingerprint density at radius 3 is 2.37 bits per heavy atom. The van der Waals surface area contributed by atoms with Crippen LogP contribution in [0.5, 0.6) is 0 Å². The summed E-state index contributed by atoms with van der Waals surface area (Å²) in [4.78, 5) is 35.8. The fourth-order valence-electron chi connectivity index (χ4n) is 4.87. The lowest BCUT2D eigenvalue weighted by atomic mass is 10.2. The highest BCUT2D eigenvalue weighted by Gasteiger charge is 2.32. The number of rotatable bonds is 5. The molecule has 9 nitrogen and oxygen atoms in total. The Labute approximate surface area is 208 Å². The summed E-state index contributed by atoms with van der Waals surface area (Å²) >= 11 is 1.21. The molecule has 3 aromatic rings. The number of nitrogens with zero attached hydrogens (tertiary/aromatic N) is 5. The summed E-state index contributed by atoms with van der Waals surface area (Å²) < 4.78 is 29.6. The Hall–Kier alpha value is -2.76. The number of fused-ring (bicyclic) bond motifs is 1. The molecule has 5 rings (SSSR count). The normalized spacial score (nSPS) is 17.7. The summed E-state index contributed by atoms with van der Waals surface area (Å²) in [6.07, 6.45) is 3.99. The van der Waals surface area contributed by atoms with Crippen molar-refractivity contribution in [2.75, 3.05) is 44.2 Å². The van der Waals surface area contributed by atoms with Gasteiger partial charge in [-0.1, -0.05) is 24.6 Å². The third kappa shape index (κ3) is 4.60. The lowest BCUT2D eigenvalue weighted by Crippen LogP contribution is -2.50. The third-order valence-corrected chi connectivity index (χ3v) is 9.99. The first-order chi connectivity index (χ1) is 16.9. The number of para-hydroxylation sites is 1. The maximum Gasteiger partial charge on any atom is 0.263 e. The highest BCUT2D eigenvalue weighted by Crippen LogP contribution is 2.33. The van der Waals surface area contributed by atoms with E-state index < -0.39 is 15.6 Å². The van der Waals surface area contributed by atoms with Crippen molar-refractivity contribution in [3.05, 3.63) is 51.9 Å². The maximum atomic E-state index is 13.4. The zero-order chi connectivity index (χ0) is 24.6. The molecule has 0 atom stereocenters. The van der Waals surface area contributed by atoms with Crippen LogP contribution in [0.2, 0.25) is 0 Å². The first-order valence-corrected chi connectivity index (χ1v) is 14.2. The molecule has 0 N–H and O–H groups in total. The number of carbonyl (C=O) groups is 1. The van der Waals surface area contributed by atoms with Crippen LogP contribution in [0.3, 0.4) is 0 Å². The summed E-state index contributed by atoms with van der Waals surface area (Å²) in [5.41, 5.74) is 0.645. The molecule has 2 aromatic heterocycles. The zero-order valence-corrected chi connectivity index (χ0v) is 21.4. The topological polar surface area (TPSA) is 95.8 Å². The van der Waals surface area contributed by atoms with E-state index in [4.69, 9.17) is 0 Å².